The van der Waals surface area contributed by atoms with Crippen molar-refractivity contribution in [1.29, 1.82) is 0 Å². The third kappa shape index (κ3) is 3.76. The van der Waals surface area contributed by atoms with Gasteiger partial charge in [-0.15, -0.1) is 0 Å². The average Bonchev–Trinajstić information content (AvgIpc) is 2.83. The molecule has 1 aromatic rings. The van der Waals surface area contributed by atoms with Gasteiger partial charge in [0.1, 0.15) is 0 Å². The van der Waals surface area contributed by atoms with Gasteiger partial charge in [0, 0.05) is 24.7 Å². The van der Waals surface area contributed by atoms with Crippen LogP contribution in [0.1, 0.15) is 38.3 Å². The van der Waals surface area contributed by atoms with Gasteiger partial charge < -0.3 is 10.2 Å². The lowest BCUT2D eigenvalue weighted by molar-refractivity contribution is 0.280. The summed E-state index contributed by atoms with van der Waals surface area (Å²) in [5.74, 6) is -0.784. The van der Waals surface area contributed by atoms with E-state index in [-0.39, 0.29) is 6.04 Å². The van der Waals surface area contributed by atoms with Crippen molar-refractivity contribution in [2.45, 2.75) is 32.7 Å². The molecule has 1 heterocycles. The number of nitrogens with zero attached hydrogens (tertiary/aromatic N) is 1. The molecule has 0 saturated carbocycles. The molecule has 1 N–H and O–H groups in total. The zero-order valence-corrected chi connectivity index (χ0v) is 12.3. The molecule has 2 rings (SSSR count). The topological polar surface area (TPSA) is 15.3 Å². The summed E-state index contributed by atoms with van der Waals surface area (Å²) in [5, 5.41) is 3.35. The van der Waals surface area contributed by atoms with Crippen LogP contribution in [0.25, 0.3) is 0 Å². The minimum Gasteiger partial charge on any atom is -0.309 e. The molecule has 20 heavy (non-hydrogen) atoms. The fourth-order valence-corrected chi connectivity index (χ4v) is 2.83. The maximum atomic E-state index is 14.0. The molecule has 2 nitrogen and oxygen atoms in total. The Morgan fingerprint density at radius 3 is 2.85 bits per heavy atom. The Hall–Kier alpha value is -1.00. The van der Waals surface area contributed by atoms with E-state index >= 15 is 0 Å². The lowest BCUT2D eigenvalue weighted by Crippen LogP contribution is -2.35. The van der Waals surface area contributed by atoms with E-state index in [0.29, 0.717) is 11.5 Å². The van der Waals surface area contributed by atoms with Crippen molar-refractivity contribution in [3.8, 4) is 0 Å². The SMILES string of the molecule is CCCNC(CN1CCC(C)C1)c1cccc(F)c1F. The highest BCUT2D eigenvalue weighted by molar-refractivity contribution is 5.23. The lowest BCUT2D eigenvalue weighted by Gasteiger charge is -2.25. The normalized spacial score (nSPS) is 21.3. The van der Waals surface area contributed by atoms with Crippen LogP contribution in [0.5, 0.6) is 0 Å². The summed E-state index contributed by atoms with van der Waals surface area (Å²) in [7, 11) is 0. The Morgan fingerprint density at radius 2 is 2.20 bits per heavy atom. The molecule has 1 aliphatic heterocycles. The van der Waals surface area contributed by atoms with E-state index in [1.165, 1.54) is 12.5 Å². The second-order valence-corrected chi connectivity index (χ2v) is 5.80. The van der Waals surface area contributed by atoms with Gasteiger partial charge >= 0.3 is 0 Å². The molecule has 0 spiro atoms. The third-order valence-electron chi connectivity index (χ3n) is 3.95. The maximum Gasteiger partial charge on any atom is 0.163 e. The Kier molecular flexibility index (Phi) is 5.49. The molecular weight excluding hydrogens is 258 g/mol. The zero-order valence-electron chi connectivity index (χ0n) is 12.3. The number of halogens is 2. The molecule has 1 aliphatic rings. The molecular formula is C16H24F2N2. The molecule has 1 fully saturated rings. The number of rotatable bonds is 6. The van der Waals surface area contributed by atoms with Crippen molar-refractivity contribution in [3.05, 3.63) is 35.4 Å². The molecule has 2 unspecified atom stereocenters. The van der Waals surface area contributed by atoms with Gasteiger partial charge in [0.05, 0.1) is 0 Å². The largest absolute Gasteiger partial charge is 0.309 e. The predicted octanol–water partition coefficient (Wildman–Crippen LogP) is 3.35. The van der Waals surface area contributed by atoms with Crippen LogP contribution >= 0.6 is 0 Å². The van der Waals surface area contributed by atoms with Crippen molar-refractivity contribution in [2.75, 3.05) is 26.2 Å². The first-order valence-electron chi connectivity index (χ1n) is 7.51. The van der Waals surface area contributed by atoms with Gasteiger partial charge in [0.2, 0.25) is 0 Å². The Bertz CT molecular complexity index is 436. The average molecular weight is 282 g/mol. The van der Waals surface area contributed by atoms with Crippen molar-refractivity contribution in [1.82, 2.24) is 10.2 Å². The summed E-state index contributed by atoms with van der Waals surface area (Å²) in [5.41, 5.74) is 0.443. The van der Waals surface area contributed by atoms with Crippen LogP contribution in [0.4, 0.5) is 8.78 Å². The summed E-state index contributed by atoms with van der Waals surface area (Å²) in [6, 6.07) is 4.30. The summed E-state index contributed by atoms with van der Waals surface area (Å²) in [6.07, 6.45) is 2.16. The smallest absolute Gasteiger partial charge is 0.163 e. The molecule has 0 aromatic heterocycles. The second kappa shape index (κ2) is 7.14. The van der Waals surface area contributed by atoms with Gasteiger partial charge in [-0.1, -0.05) is 26.0 Å². The summed E-state index contributed by atoms with van der Waals surface area (Å²) in [4.78, 5) is 2.34. The van der Waals surface area contributed by atoms with E-state index in [4.69, 9.17) is 0 Å². The van der Waals surface area contributed by atoms with Crippen LogP contribution < -0.4 is 5.32 Å². The molecule has 1 aromatic carbocycles. The Labute approximate surface area is 120 Å². The van der Waals surface area contributed by atoms with Crippen LogP contribution in [0, 0.1) is 17.6 Å². The lowest BCUT2D eigenvalue weighted by atomic mass is 10.0. The first-order valence-corrected chi connectivity index (χ1v) is 7.51. The van der Waals surface area contributed by atoms with Gasteiger partial charge in [0.15, 0.2) is 11.6 Å². The maximum absolute atomic E-state index is 14.0. The molecule has 4 heteroatoms. The molecule has 2 atom stereocenters. The highest BCUT2D eigenvalue weighted by atomic mass is 19.2. The molecule has 112 valence electrons. The van der Waals surface area contributed by atoms with Crippen molar-refractivity contribution in [3.63, 3.8) is 0 Å². The van der Waals surface area contributed by atoms with Crippen LogP contribution in [0.3, 0.4) is 0 Å². The van der Waals surface area contributed by atoms with Gasteiger partial charge in [-0.25, -0.2) is 8.78 Å². The summed E-state index contributed by atoms with van der Waals surface area (Å²) >= 11 is 0. The van der Waals surface area contributed by atoms with E-state index in [9.17, 15) is 8.78 Å². The minimum atomic E-state index is -0.763. The van der Waals surface area contributed by atoms with Gasteiger partial charge in [0.25, 0.3) is 0 Å². The first-order chi connectivity index (χ1) is 9.61. The van der Waals surface area contributed by atoms with Crippen molar-refractivity contribution >= 4 is 0 Å². The number of likely N-dealkylation sites (tertiary alicyclic amines) is 1. The van der Waals surface area contributed by atoms with E-state index in [0.717, 1.165) is 32.6 Å². The predicted molar refractivity (Wildman–Crippen MR) is 77.6 cm³/mol. The second-order valence-electron chi connectivity index (χ2n) is 5.80. The first kappa shape index (κ1) is 15.4. The molecule has 0 bridgehead atoms. The number of hydrogen-bond acceptors (Lipinski definition) is 2. The molecule has 0 aliphatic carbocycles. The highest BCUT2D eigenvalue weighted by Gasteiger charge is 2.24. The van der Waals surface area contributed by atoms with E-state index < -0.39 is 11.6 Å². The Morgan fingerprint density at radius 1 is 1.40 bits per heavy atom. The number of hydrogen-bond donors (Lipinski definition) is 1. The van der Waals surface area contributed by atoms with Crippen LogP contribution in [-0.4, -0.2) is 31.1 Å². The van der Waals surface area contributed by atoms with Crippen molar-refractivity contribution in [2.24, 2.45) is 5.92 Å². The fourth-order valence-electron chi connectivity index (χ4n) is 2.83. The van der Waals surface area contributed by atoms with Gasteiger partial charge in [-0.05, 0) is 37.9 Å². The van der Waals surface area contributed by atoms with Crippen molar-refractivity contribution < 1.29 is 8.78 Å². The number of nitrogens with one attached hydrogen (secondary N) is 1. The van der Waals surface area contributed by atoms with E-state index in [2.05, 4.69) is 24.1 Å². The standard InChI is InChI=1S/C16H24F2N2/c1-3-8-19-15(11-20-9-7-12(2)10-20)13-5-4-6-14(17)16(13)18/h4-6,12,15,19H,3,7-11H2,1-2H3. The highest BCUT2D eigenvalue weighted by Crippen LogP contribution is 2.23. The van der Waals surface area contributed by atoms with Crippen LogP contribution in [0.2, 0.25) is 0 Å². The van der Waals surface area contributed by atoms with Gasteiger partial charge in [-0.2, -0.15) is 0 Å². The van der Waals surface area contributed by atoms with Crippen LogP contribution in [0.15, 0.2) is 18.2 Å². The summed E-state index contributed by atoms with van der Waals surface area (Å²) in [6.45, 7) is 7.94. The van der Waals surface area contributed by atoms with E-state index in [1.807, 2.05) is 0 Å². The van der Waals surface area contributed by atoms with Gasteiger partial charge in [-0.3, -0.25) is 0 Å². The minimum absolute atomic E-state index is 0.143. The number of benzene rings is 1. The monoisotopic (exact) mass is 282 g/mol. The van der Waals surface area contributed by atoms with Crippen LogP contribution in [-0.2, 0) is 0 Å². The molecule has 1 saturated heterocycles. The fraction of sp³-hybridized carbons (Fsp3) is 0.625. The van der Waals surface area contributed by atoms with E-state index in [1.54, 1.807) is 12.1 Å². The molecule has 0 radical (unpaired) electrons. The molecule has 0 amide bonds. The third-order valence-corrected chi connectivity index (χ3v) is 3.95. The quantitative estimate of drug-likeness (QED) is 0.861. The Balaban J connectivity index is 2.12. The summed E-state index contributed by atoms with van der Waals surface area (Å²) < 4.78 is 27.4. The zero-order chi connectivity index (χ0) is 14.5.